The summed E-state index contributed by atoms with van der Waals surface area (Å²) < 4.78 is 6.24. The number of para-hydroxylation sites is 2. The number of amides is 4. The van der Waals surface area contributed by atoms with Crippen LogP contribution in [0.1, 0.15) is 96.5 Å². The molecule has 248 valence electrons. The zero-order valence-corrected chi connectivity index (χ0v) is 27.4. The number of hydrogen-bond acceptors (Lipinski definition) is 6. The lowest BCUT2D eigenvalue weighted by atomic mass is 9.88. The highest BCUT2D eigenvalue weighted by Gasteiger charge is 2.32. The van der Waals surface area contributed by atoms with Crippen LogP contribution in [0.4, 0.5) is 16.2 Å². The van der Waals surface area contributed by atoms with E-state index in [1.54, 1.807) is 17.0 Å². The molecule has 10 nitrogen and oxygen atoms in total. The average molecular weight is 631 g/mol. The summed E-state index contributed by atoms with van der Waals surface area (Å²) in [7, 11) is 0. The Kier molecular flexibility index (Phi) is 11.9. The van der Waals surface area contributed by atoms with Gasteiger partial charge in [-0.3, -0.25) is 14.9 Å². The molecule has 5 rings (SSSR count). The zero-order valence-electron chi connectivity index (χ0n) is 27.4. The van der Waals surface area contributed by atoms with Gasteiger partial charge >= 0.3 is 6.03 Å². The van der Waals surface area contributed by atoms with Crippen LogP contribution in [0.25, 0.3) is 0 Å². The van der Waals surface area contributed by atoms with Gasteiger partial charge in [0, 0.05) is 42.3 Å². The van der Waals surface area contributed by atoms with Crippen LogP contribution in [0.2, 0.25) is 0 Å². The van der Waals surface area contributed by atoms with Crippen molar-refractivity contribution in [1.82, 2.24) is 20.4 Å². The molecule has 0 saturated heterocycles. The topological polar surface area (TPSA) is 115 Å². The molecule has 0 bridgehead atoms. The van der Waals surface area contributed by atoms with Crippen LogP contribution in [-0.4, -0.2) is 64.9 Å². The number of carbonyl (C=O) groups is 3. The normalized spacial score (nSPS) is 17.1. The second-order valence-electron chi connectivity index (χ2n) is 13.1. The highest BCUT2D eigenvalue weighted by Crippen LogP contribution is 2.36. The number of aliphatic imine (C=N–C) groups is 1. The van der Waals surface area contributed by atoms with E-state index in [9.17, 15) is 14.4 Å². The molecule has 0 atom stereocenters. The van der Waals surface area contributed by atoms with Crippen LogP contribution in [0, 0.1) is 0 Å². The third-order valence-electron chi connectivity index (χ3n) is 9.02. The lowest BCUT2D eigenvalue weighted by molar-refractivity contribution is -0.138. The summed E-state index contributed by atoms with van der Waals surface area (Å²) in [5.74, 6) is 0.961. The van der Waals surface area contributed by atoms with Gasteiger partial charge in [0.05, 0.1) is 6.61 Å². The molecule has 10 heteroatoms. The smallest absolute Gasteiger partial charge is 0.326 e. The third-order valence-corrected chi connectivity index (χ3v) is 9.02. The van der Waals surface area contributed by atoms with Gasteiger partial charge in [-0.15, -0.1) is 0 Å². The Morgan fingerprint density at radius 1 is 0.891 bits per heavy atom. The van der Waals surface area contributed by atoms with E-state index in [4.69, 9.17) is 9.73 Å². The van der Waals surface area contributed by atoms with Gasteiger partial charge in [0.2, 0.25) is 17.8 Å². The van der Waals surface area contributed by atoms with Crippen molar-refractivity contribution in [3.05, 3.63) is 54.1 Å². The lowest BCUT2D eigenvalue weighted by Gasteiger charge is -2.42. The van der Waals surface area contributed by atoms with Gasteiger partial charge in [0.15, 0.2) is 0 Å². The molecular weight excluding hydrogens is 580 g/mol. The van der Waals surface area contributed by atoms with Crippen LogP contribution in [0.15, 0.2) is 53.5 Å². The van der Waals surface area contributed by atoms with E-state index in [0.717, 1.165) is 31.2 Å². The second-order valence-corrected chi connectivity index (χ2v) is 13.1. The zero-order chi connectivity index (χ0) is 32.3. The van der Waals surface area contributed by atoms with Crippen LogP contribution >= 0.6 is 0 Å². The molecule has 0 aromatic heterocycles. The van der Waals surface area contributed by atoms with Crippen molar-refractivity contribution >= 4 is 35.2 Å². The van der Waals surface area contributed by atoms with E-state index >= 15 is 0 Å². The number of fused-ring (bicyclic) bond motifs is 1. The summed E-state index contributed by atoms with van der Waals surface area (Å²) in [6.07, 6.45) is 13.0. The first-order valence-corrected chi connectivity index (χ1v) is 17.2. The van der Waals surface area contributed by atoms with E-state index in [2.05, 4.69) is 20.9 Å². The molecule has 0 unspecified atom stereocenters. The number of benzene rings is 2. The largest absolute Gasteiger partial charge is 0.491 e. The molecule has 2 aromatic rings. The van der Waals surface area contributed by atoms with Gasteiger partial charge in [-0.1, -0.05) is 68.9 Å². The number of guanidine groups is 1. The number of carbonyl (C=O) groups excluding carboxylic acids is 3. The van der Waals surface area contributed by atoms with Crippen molar-refractivity contribution in [2.45, 2.75) is 116 Å². The maximum atomic E-state index is 13.6. The second kappa shape index (κ2) is 16.5. The number of rotatable bonds is 11. The van der Waals surface area contributed by atoms with Crippen LogP contribution in [-0.2, 0) is 16.1 Å². The van der Waals surface area contributed by atoms with Crippen LogP contribution in [0.3, 0.4) is 0 Å². The van der Waals surface area contributed by atoms with Crippen molar-refractivity contribution in [1.29, 1.82) is 0 Å². The maximum Gasteiger partial charge on any atom is 0.326 e. The van der Waals surface area contributed by atoms with E-state index in [1.165, 1.54) is 38.5 Å². The molecule has 1 heterocycles. The summed E-state index contributed by atoms with van der Waals surface area (Å²) in [5, 5.41) is 8.57. The third kappa shape index (κ3) is 9.23. The predicted octanol–water partition coefficient (Wildman–Crippen LogP) is 6.49. The van der Waals surface area contributed by atoms with Gasteiger partial charge in [-0.25, -0.2) is 9.79 Å². The molecule has 3 N–H and O–H groups in total. The van der Waals surface area contributed by atoms with Gasteiger partial charge in [0.1, 0.15) is 18.0 Å². The van der Waals surface area contributed by atoms with Crippen LogP contribution in [0.5, 0.6) is 5.75 Å². The van der Waals surface area contributed by atoms with E-state index in [-0.39, 0.29) is 30.4 Å². The minimum absolute atomic E-state index is 0.0106. The quantitative estimate of drug-likeness (QED) is 0.246. The molecule has 2 fully saturated rings. The summed E-state index contributed by atoms with van der Waals surface area (Å²) in [5.41, 5.74) is 2.15. The van der Waals surface area contributed by atoms with Crippen molar-refractivity contribution in [2.75, 3.05) is 18.5 Å². The van der Waals surface area contributed by atoms with Crippen molar-refractivity contribution in [3.63, 3.8) is 0 Å². The first kappa shape index (κ1) is 33.3. The minimum atomic E-state index is -0.458. The molecule has 2 saturated carbocycles. The molecule has 0 spiro atoms. The molecule has 3 aliphatic rings. The highest BCUT2D eigenvalue weighted by molar-refractivity contribution is 6.04. The standard InChI is InChI=1S/C36H50N6O4/c1-26(2)37-32(43)25-41-24-27-14-12-21-31(34(27)39-35(41)40-36(45)38-28-15-6-3-7-16-28)46-23-13-22-33(44)42(29-17-8-4-9-18-29)30-19-10-5-11-20-30/h3,6-7,12,14-16,21,26,29-30H,4-5,8-11,13,17-20,22-25H2,1-2H3,(H,37,43)(H2,38,39,40,45). The first-order chi connectivity index (χ1) is 22.4. The van der Waals surface area contributed by atoms with Crippen molar-refractivity contribution < 1.29 is 19.1 Å². The monoisotopic (exact) mass is 630 g/mol. The Balaban J connectivity index is 1.25. The fourth-order valence-corrected chi connectivity index (χ4v) is 6.92. The average Bonchev–Trinajstić information content (AvgIpc) is 3.04. The SMILES string of the molecule is CC(C)NC(=O)CN1Cc2cccc(OCCCC(=O)N(C3CCCCC3)C3CCCCC3)c2N=C1NC(=O)Nc1ccccc1. The summed E-state index contributed by atoms with van der Waals surface area (Å²) in [4.78, 5) is 48.1. The maximum absolute atomic E-state index is 13.6. The molecule has 2 aromatic carbocycles. The van der Waals surface area contributed by atoms with Gasteiger partial charge < -0.3 is 25.2 Å². The summed E-state index contributed by atoms with van der Waals surface area (Å²) in [6, 6.07) is 15.2. The summed E-state index contributed by atoms with van der Waals surface area (Å²) in [6.45, 7) is 4.61. The van der Waals surface area contributed by atoms with E-state index in [0.29, 0.717) is 55.2 Å². The Morgan fingerprint density at radius 3 is 2.22 bits per heavy atom. The molecule has 2 aliphatic carbocycles. The number of urea groups is 1. The Labute approximate surface area is 273 Å². The van der Waals surface area contributed by atoms with E-state index < -0.39 is 6.03 Å². The Bertz CT molecular complexity index is 1330. The molecule has 4 amide bonds. The van der Waals surface area contributed by atoms with Gasteiger partial charge in [0.25, 0.3) is 0 Å². The Hall–Kier alpha value is -4.08. The van der Waals surface area contributed by atoms with Crippen molar-refractivity contribution in [3.8, 4) is 5.75 Å². The lowest BCUT2D eigenvalue weighted by Crippen LogP contribution is -2.50. The molecular formula is C36H50N6O4. The highest BCUT2D eigenvalue weighted by atomic mass is 16.5. The first-order valence-electron chi connectivity index (χ1n) is 17.2. The number of hydrogen-bond donors (Lipinski definition) is 3. The minimum Gasteiger partial charge on any atom is -0.491 e. The molecule has 0 radical (unpaired) electrons. The number of nitrogens with one attached hydrogen (secondary N) is 3. The predicted molar refractivity (Wildman–Crippen MR) is 181 cm³/mol. The van der Waals surface area contributed by atoms with E-state index in [1.807, 2.05) is 50.2 Å². The van der Waals surface area contributed by atoms with Crippen LogP contribution < -0.4 is 20.7 Å². The number of ether oxygens (including phenoxy) is 1. The fraction of sp³-hybridized carbons (Fsp3) is 0.556. The number of anilines is 1. The molecule has 46 heavy (non-hydrogen) atoms. The van der Waals surface area contributed by atoms with Crippen molar-refractivity contribution in [2.24, 2.45) is 4.99 Å². The fourth-order valence-electron chi connectivity index (χ4n) is 6.92. The molecule has 1 aliphatic heterocycles. The van der Waals surface area contributed by atoms with Gasteiger partial charge in [-0.2, -0.15) is 0 Å². The van der Waals surface area contributed by atoms with Gasteiger partial charge in [-0.05, 0) is 64.2 Å². The number of nitrogens with zero attached hydrogens (tertiary/aromatic N) is 3. The Morgan fingerprint density at radius 2 is 1.57 bits per heavy atom. The summed E-state index contributed by atoms with van der Waals surface area (Å²) >= 11 is 0.